The molecule has 9 nitrogen and oxygen atoms in total. The van der Waals surface area contributed by atoms with Crippen molar-refractivity contribution in [2.45, 2.75) is 18.2 Å². The third-order valence-electron chi connectivity index (χ3n) is 5.76. The van der Waals surface area contributed by atoms with Crippen LogP contribution >= 0.6 is 0 Å². The Morgan fingerprint density at radius 1 is 1.15 bits per heavy atom. The fraction of sp³-hybridized carbons (Fsp3) is 0.273. The smallest absolute Gasteiger partial charge is 0.183 e. The predicted octanol–water partition coefficient (Wildman–Crippen LogP) is 2.94. The van der Waals surface area contributed by atoms with Gasteiger partial charge < -0.3 is 9.42 Å². The van der Waals surface area contributed by atoms with Gasteiger partial charge in [0.25, 0.3) is 0 Å². The molecule has 5 rings (SSSR count). The average Bonchev–Trinajstić information content (AvgIpc) is 3.56. The molecule has 1 atom stereocenters. The maximum absolute atomic E-state index is 14.6. The van der Waals surface area contributed by atoms with Crippen molar-refractivity contribution in [3.8, 4) is 22.9 Å². The van der Waals surface area contributed by atoms with E-state index >= 15 is 0 Å². The Bertz CT molecular complexity index is 1440. The van der Waals surface area contributed by atoms with E-state index in [1.165, 1.54) is 18.6 Å². The molecule has 176 valence electrons. The highest BCUT2D eigenvalue weighted by molar-refractivity contribution is 7.91. The van der Waals surface area contributed by atoms with E-state index in [4.69, 9.17) is 4.52 Å². The summed E-state index contributed by atoms with van der Waals surface area (Å²) < 4.78 is 59.2. The summed E-state index contributed by atoms with van der Waals surface area (Å²) in [7, 11) is -3.25. The van der Waals surface area contributed by atoms with Crippen LogP contribution in [0.3, 0.4) is 0 Å². The highest BCUT2D eigenvalue weighted by atomic mass is 32.2. The second-order valence-corrected chi connectivity index (χ2v) is 10.4. The molecule has 4 aromatic rings. The molecular weight excluding hydrogens is 466 g/mol. The summed E-state index contributed by atoms with van der Waals surface area (Å²) in [6.07, 6.45) is 4.02. The van der Waals surface area contributed by atoms with Gasteiger partial charge in [0, 0.05) is 31.0 Å². The lowest BCUT2D eigenvalue weighted by Crippen LogP contribution is -2.27. The van der Waals surface area contributed by atoms with Crippen LogP contribution in [0.2, 0.25) is 0 Å². The van der Waals surface area contributed by atoms with Crippen LogP contribution in [0.5, 0.6) is 0 Å². The number of anilines is 1. The Hall–Kier alpha value is -3.67. The molecule has 1 unspecified atom stereocenters. The van der Waals surface area contributed by atoms with Gasteiger partial charge in [0.2, 0.25) is 0 Å². The van der Waals surface area contributed by atoms with Crippen molar-refractivity contribution < 1.29 is 21.7 Å². The van der Waals surface area contributed by atoms with Crippen molar-refractivity contribution in [1.82, 2.24) is 24.9 Å². The summed E-state index contributed by atoms with van der Waals surface area (Å²) >= 11 is 0. The van der Waals surface area contributed by atoms with Gasteiger partial charge in [0.15, 0.2) is 27.3 Å². The number of hydrogen-bond acceptors (Lipinski definition) is 8. The first-order chi connectivity index (χ1) is 16.3. The first kappa shape index (κ1) is 22.1. The third-order valence-corrected chi connectivity index (χ3v) is 7.36. The highest BCUT2D eigenvalue weighted by Gasteiger charge is 2.32. The topological polar surface area (TPSA) is 107 Å². The second-order valence-electron chi connectivity index (χ2n) is 8.10. The van der Waals surface area contributed by atoms with Gasteiger partial charge in [0.05, 0.1) is 23.7 Å². The number of aromatic nitrogens is 5. The summed E-state index contributed by atoms with van der Waals surface area (Å²) in [6, 6.07) is 9.66. The molecule has 1 saturated heterocycles. The van der Waals surface area contributed by atoms with Crippen LogP contribution in [0, 0.1) is 11.6 Å². The Labute approximate surface area is 194 Å². The van der Waals surface area contributed by atoms with Gasteiger partial charge in [-0.3, -0.25) is 4.68 Å². The summed E-state index contributed by atoms with van der Waals surface area (Å²) in [5.41, 5.74) is 1.77. The zero-order valence-electron chi connectivity index (χ0n) is 18.1. The normalized spacial score (nSPS) is 16.3. The number of benzene rings is 1. The van der Waals surface area contributed by atoms with E-state index in [2.05, 4.69) is 20.2 Å². The van der Waals surface area contributed by atoms with Crippen molar-refractivity contribution in [3.05, 3.63) is 66.1 Å². The lowest BCUT2D eigenvalue weighted by Gasteiger charge is -2.18. The Balaban J connectivity index is 1.52. The fourth-order valence-electron chi connectivity index (χ4n) is 3.96. The molecule has 1 aromatic carbocycles. The molecule has 1 aliphatic heterocycles. The molecule has 0 aliphatic carbocycles. The molecule has 0 saturated carbocycles. The van der Waals surface area contributed by atoms with Crippen molar-refractivity contribution in [2.75, 3.05) is 24.2 Å². The molecule has 0 spiro atoms. The lowest BCUT2D eigenvalue weighted by atomic mass is 10.2. The van der Waals surface area contributed by atoms with Gasteiger partial charge in [-0.25, -0.2) is 27.2 Å². The fourth-order valence-corrected chi connectivity index (χ4v) is 4.94. The predicted molar refractivity (Wildman–Crippen MR) is 120 cm³/mol. The standard InChI is InChI=1S/C22H20F2N6O3S/c1-34(31,32)15-6-8-29(13-15)22-17(24)11-25-21(26-22)19-10-20(18-7-9-33-28-18)30(27-19)12-14-4-2-3-5-16(14)23/h2-5,7,9-11,15H,6,8,12-13H2,1H3. The average molecular weight is 487 g/mol. The molecular formula is C22H20F2N6O3S. The van der Waals surface area contributed by atoms with E-state index in [1.807, 2.05) is 0 Å². The van der Waals surface area contributed by atoms with Crippen molar-refractivity contribution in [2.24, 2.45) is 0 Å². The van der Waals surface area contributed by atoms with Gasteiger partial charge in [0.1, 0.15) is 23.5 Å². The minimum Gasteiger partial charge on any atom is -0.364 e. The largest absolute Gasteiger partial charge is 0.364 e. The van der Waals surface area contributed by atoms with Gasteiger partial charge in [-0.2, -0.15) is 5.10 Å². The second kappa shape index (κ2) is 8.60. The van der Waals surface area contributed by atoms with Crippen LogP contribution in [0.15, 0.2) is 53.4 Å². The van der Waals surface area contributed by atoms with Crippen LogP contribution in [0.4, 0.5) is 14.6 Å². The zero-order valence-corrected chi connectivity index (χ0v) is 18.9. The van der Waals surface area contributed by atoms with E-state index in [1.54, 1.807) is 39.9 Å². The van der Waals surface area contributed by atoms with Crippen LogP contribution in [-0.4, -0.2) is 57.9 Å². The van der Waals surface area contributed by atoms with E-state index in [9.17, 15) is 17.2 Å². The Morgan fingerprint density at radius 3 is 2.68 bits per heavy atom. The van der Waals surface area contributed by atoms with Gasteiger partial charge in [-0.1, -0.05) is 23.4 Å². The summed E-state index contributed by atoms with van der Waals surface area (Å²) in [4.78, 5) is 10.0. The first-order valence-corrected chi connectivity index (χ1v) is 12.4. The van der Waals surface area contributed by atoms with Crippen LogP contribution in [0.1, 0.15) is 12.0 Å². The number of rotatable bonds is 6. The number of nitrogens with zero attached hydrogens (tertiary/aromatic N) is 6. The van der Waals surface area contributed by atoms with Crippen LogP contribution in [0.25, 0.3) is 22.9 Å². The zero-order chi connectivity index (χ0) is 23.9. The van der Waals surface area contributed by atoms with Crippen molar-refractivity contribution in [1.29, 1.82) is 0 Å². The Kier molecular flexibility index (Phi) is 5.60. The molecule has 3 aromatic heterocycles. The van der Waals surface area contributed by atoms with Crippen LogP contribution in [-0.2, 0) is 16.4 Å². The summed E-state index contributed by atoms with van der Waals surface area (Å²) in [5, 5.41) is 7.90. The van der Waals surface area contributed by atoms with E-state index in [0.717, 1.165) is 6.20 Å². The van der Waals surface area contributed by atoms with Gasteiger partial charge >= 0.3 is 0 Å². The maximum atomic E-state index is 14.6. The Morgan fingerprint density at radius 2 is 1.97 bits per heavy atom. The number of hydrogen-bond donors (Lipinski definition) is 0. The third kappa shape index (κ3) is 4.28. The quantitative estimate of drug-likeness (QED) is 0.410. The van der Waals surface area contributed by atoms with E-state index in [0.29, 0.717) is 35.6 Å². The molecule has 1 aliphatic rings. The van der Waals surface area contributed by atoms with Crippen molar-refractivity contribution >= 4 is 15.7 Å². The number of halogens is 2. The van der Waals surface area contributed by atoms with Gasteiger partial charge in [-0.05, 0) is 18.6 Å². The molecule has 0 N–H and O–H groups in total. The minimum atomic E-state index is -3.25. The minimum absolute atomic E-state index is 0.0165. The van der Waals surface area contributed by atoms with E-state index < -0.39 is 20.9 Å². The van der Waals surface area contributed by atoms with Crippen molar-refractivity contribution in [3.63, 3.8) is 0 Å². The molecule has 34 heavy (non-hydrogen) atoms. The molecule has 0 amide bonds. The molecule has 0 radical (unpaired) electrons. The van der Waals surface area contributed by atoms with Crippen LogP contribution < -0.4 is 4.90 Å². The maximum Gasteiger partial charge on any atom is 0.183 e. The summed E-state index contributed by atoms with van der Waals surface area (Å²) in [6.45, 7) is 0.625. The van der Waals surface area contributed by atoms with E-state index in [-0.39, 0.29) is 30.5 Å². The first-order valence-electron chi connectivity index (χ1n) is 10.5. The molecule has 12 heteroatoms. The number of sulfone groups is 1. The lowest BCUT2D eigenvalue weighted by molar-refractivity contribution is 0.421. The summed E-state index contributed by atoms with van der Waals surface area (Å²) in [5.74, 6) is -0.861. The highest BCUT2D eigenvalue weighted by Crippen LogP contribution is 2.28. The monoisotopic (exact) mass is 486 g/mol. The molecule has 1 fully saturated rings. The molecule has 0 bridgehead atoms. The van der Waals surface area contributed by atoms with Gasteiger partial charge in [-0.15, -0.1) is 0 Å². The molecule has 4 heterocycles. The SMILES string of the molecule is CS(=O)(=O)C1CCN(c2nc(-c3cc(-c4ccon4)n(Cc4ccccc4F)n3)ncc2F)C1.